The lowest BCUT2D eigenvalue weighted by molar-refractivity contribution is -0.384. The van der Waals surface area contributed by atoms with Gasteiger partial charge in [0.25, 0.3) is 5.69 Å². The zero-order valence-corrected chi connectivity index (χ0v) is 9.30. The third-order valence-electron chi connectivity index (χ3n) is 1.91. The highest BCUT2D eigenvalue weighted by Gasteiger charge is 2.21. The van der Waals surface area contributed by atoms with Gasteiger partial charge in [-0.25, -0.2) is 8.63 Å². The summed E-state index contributed by atoms with van der Waals surface area (Å²) in [5.41, 5.74) is -0.0194. The van der Waals surface area contributed by atoms with E-state index in [2.05, 4.69) is 4.65 Å². The van der Waals surface area contributed by atoms with E-state index < -0.39 is 18.2 Å². The first kappa shape index (κ1) is 13.8. The summed E-state index contributed by atoms with van der Waals surface area (Å²) in [6, 6.07) is 4.74. The zero-order valence-electron chi connectivity index (χ0n) is 9.30. The van der Waals surface area contributed by atoms with Gasteiger partial charge >= 0.3 is 7.47 Å². The van der Waals surface area contributed by atoms with Crippen LogP contribution in [0.15, 0.2) is 30.3 Å². The van der Waals surface area contributed by atoms with Crippen molar-refractivity contribution in [1.82, 2.24) is 0 Å². The van der Waals surface area contributed by atoms with E-state index in [0.29, 0.717) is 0 Å². The summed E-state index contributed by atoms with van der Waals surface area (Å²) in [5, 5.41) is 10.4. The van der Waals surface area contributed by atoms with Crippen LogP contribution in [0.5, 0.6) is 0 Å². The molecule has 0 spiro atoms. The second-order valence-corrected chi connectivity index (χ2v) is 3.30. The molecule has 8 heteroatoms. The Morgan fingerprint density at radius 2 is 1.94 bits per heavy atom. The van der Waals surface area contributed by atoms with Crippen LogP contribution in [0.4, 0.5) is 14.3 Å². The number of hydrogen-bond donors (Lipinski definition) is 0. The summed E-state index contributed by atoms with van der Waals surface area (Å²) in [6.45, 7) is 1.18. The van der Waals surface area contributed by atoms with Crippen molar-refractivity contribution >= 4 is 24.7 Å². The molecule has 0 unspecified atom stereocenters. The molecule has 0 amide bonds. The third kappa shape index (κ3) is 3.97. The number of benzene rings is 1. The summed E-state index contributed by atoms with van der Waals surface area (Å²) in [5.74, 6) is -0.795. The number of halogens is 2. The quantitative estimate of drug-likeness (QED) is 0.266. The van der Waals surface area contributed by atoms with Crippen molar-refractivity contribution in [2.75, 3.05) is 0 Å². The van der Waals surface area contributed by atoms with Gasteiger partial charge in [0.2, 0.25) is 0 Å². The molecule has 5 nitrogen and oxygen atoms in total. The number of rotatable bonds is 5. The summed E-state index contributed by atoms with van der Waals surface area (Å²) < 4.78 is 28.5. The molecule has 0 heterocycles. The molecule has 0 aliphatic rings. The van der Waals surface area contributed by atoms with Gasteiger partial charge in [0, 0.05) is 23.8 Å². The van der Waals surface area contributed by atoms with Crippen LogP contribution in [-0.2, 0) is 9.45 Å². The molecule has 0 aliphatic carbocycles. The molecule has 1 aromatic rings. The number of ketones is 1. The lowest BCUT2D eigenvalue weighted by atomic mass is 10.1. The van der Waals surface area contributed by atoms with Crippen LogP contribution in [-0.4, -0.2) is 18.2 Å². The Balaban J connectivity index is 3.06. The fraction of sp³-hybridized carbons (Fsp3) is 0.100. The Morgan fingerprint density at radius 3 is 2.33 bits per heavy atom. The Bertz CT molecular complexity index is 487. The normalized spacial score (nSPS) is 10.9. The first-order valence-electron chi connectivity index (χ1n) is 4.82. The topological polar surface area (TPSA) is 69.4 Å². The Hall–Kier alpha value is -2.25. The second kappa shape index (κ2) is 5.90. The SMILES string of the molecule is CC(=O)/C=C(\OB(F)F)c1ccc([N+](=O)[O-])cc1. The predicted octanol–water partition coefficient (Wildman–Crippen LogP) is 2.47. The van der Waals surface area contributed by atoms with Crippen molar-refractivity contribution in [2.45, 2.75) is 6.92 Å². The summed E-state index contributed by atoms with van der Waals surface area (Å²) in [7, 11) is -3.08. The minimum atomic E-state index is -3.08. The highest BCUT2D eigenvalue weighted by molar-refractivity contribution is 6.36. The minimum Gasteiger partial charge on any atom is -0.505 e. The molecule has 0 aromatic heterocycles. The van der Waals surface area contributed by atoms with Crippen molar-refractivity contribution in [3.05, 3.63) is 46.0 Å². The monoisotopic (exact) mass is 255 g/mol. The van der Waals surface area contributed by atoms with Gasteiger partial charge in [-0.3, -0.25) is 14.9 Å². The van der Waals surface area contributed by atoms with Crippen LogP contribution in [0, 0.1) is 10.1 Å². The number of nitro benzene ring substituents is 1. The highest BCUT2D eigenvalue weighted by Crippen LogP contribution is 2.21. The van der Waals surface area contributed by atoms with Gasteiger partial charge in [-0.2, -0.15) is 0 Å². The molecule has 18 heavy (non-hydrogen) atoms. The van der Waals surface area contributed by atoms with Gasteiger partial charge in [0.05, 0.1) is 4.92 Å². The molecule has 94 valence electrons. The summed E-state index contributed by atoms with van der Waals surface area (Å²) >= 11 is 0. The lowest BCUT2D eigenvalue weighted by Gasteiger charge is -2.07. The molecular weight excluding hydrogens is 247 g/mol. The maximum absolute atomic E-state index is 12.1. The predicted molar refractivity (Wildman–Crippen MR) is 60.8 cm³/mol. The Labute approximate surface area is 101 Å². The van der Waals surface area contributed by atoms with E-state index in [1.165, 1.54) is 19.1 Å². The van der Waals surface area contributed by atoms with Gasteiger partial charge in [0.15, 0.2) is 5.78 Å². The molecule has 0 bridgehead atoms. The Morgan fingerprint density at radius 1 is 1.39 bits per heavy atom. The highest BCUT2D eigenvalue weighted by atomic mass is 19.2. The van der Waals surface area contributed by atoms with E-state index in [4.69, 9.17) is 0 Å². The maximum Gasteiger partial charge on any atom is 0.796 e. The van der Waals surface area contributed by atoms with Gasteiger partial charge in [0.1, 0.15) is 5.76 Å². The molecule has 0 saturated heterocycles. The number of nitrogens with zero attached hydrogens (tertiary/aromatic N) is 1. The average Bonchev–Trinajstić information content (AvgIpc) is 2.27. The number of non-ortho nitro benzene ring substituents is 1. The van der Waals surface area contributed by atoms with Gasteiger partial charge < -0.3 is 4.65 Å². The second-order valence-electron chi connectivity index (χ2n) is 3.30. The standard InChI is InChI=1S/C10H8BF2NO4/c1-7(15)6-10(18-11(12)13)8-2-4-9(5-3-8)14(16)17/h2-6H,1H3/b10-6-. The molecule has 1 rings (SSSR count). The average molecular weight is 255 g/mol. The zero-order chi connectivity index (χ0) is 13.7. The van der Waals surface area contributed by atoms with E-state index in [-0.39, 0.29) is 17.0 Å². The lowest BCUT2D eigenvalue weighted by Crippen LogP contribution is -2.05. The summed E-state index contributed by atoms with van der Waals surface area (Å²) in [4.78, 5) is 20.7. The molecular formula is C10H8BF2NO4. The maximum atomic E-state index is 12.1. The van der Waals surface area contributed by atoms with Crippen LogP contribution < -0.4 is 0 Å². The Kier molecular flexibility index (Phi) is 4.53. The van der Waals surface area contributed by atoms with Crippen molar-refractivity contribution < 1.29 is 23.0 Å². The number of carbonyl (C=O) groups excluding carboxylic acids is 1. The van der Waals surface area contributed by atoms with Crippen LogP contribution >= 0.6 is 0 Å². The van der Waals surface area contributed by atoms with E-state index in [1.807, 2.05) is 0 Å². The fourth-order valence-electron chi connectivity index (χ4n) is 1.21. The van der Waals surface area contributed by atoms with Crippen LogP contribution in [0.1, 0.15) is 12.5 Å². The first-order chi connectivity index (χ1) is 8.40. The van der Waals surface area contributed by atoms with Gasteiger partial charge in [-0.15, -0.1) is 0 Å². The minimum absolute atomic E-state index is 0.163. The van der Waals surface area contributed by atoms with Crippen molar-refractivity contribution in [2.24, 2.45) is 0 Å². The smallest absolute Gasteiger partial charge is 0.505 e. The molecule has 0 radical (unpaired) electrons. The van der Waals surface area contributed by atoms with Crippen molar-refractivity contribution in [3.8, 4) is 0 Å². The van der Waals surface area contributed by atoms with E-state index in [9.17, 15) is 23.5 Å². The summed E-state index contributed by atoms with van der Waals surface area (Å²) in [6.07, 6.45) is 0.896. The molecule has 0 aliphatic heterocycles. The molecule has 0 N–H and O–H groups in total. The largest absolute Gasteiger partial charge is 0.796 e. The van der Waals surface area contributed by atoms with E-state index >= 15 is 0 Å². The molecule has 0 saturated carbocycles. The number of carbonyl (C=O) groups is 1. The third-order valence-corrected chi connectivity index (χ3v) is 1.91. The fourth-order valence-corrected chi connectivity index (χ4v) is 1.21. The number of allylic oxidation sites excluding steroid dienone is 1. The van der Waals surface area contributed by atoms with E-state index in [0.717, 1.165) is 18.2 Å². The van der Waals surface area contributed by atoms with Crippen molar-refractivity contribution in [3.63, 3.8) is 0 Å². The van der Waals surface area contributed by atoms with Gasteiger partial charge in [-0.05, 0) is 19.1 Å². The van der Waals surface area contributed by atoms with E-state index in [1.54, 1.807) is 0 Å². The van der Waals surface area contributed by atoms with Crippen LogP contribution in [0.25, 0.3) is 5.76 Å². The van der Waals surface area contributed by atoms with Gasteiger partial charge in [-0.1, -0.05) is 0 Å². The number of nitro groups is 1. The first-order valence-corrected chi connectivity index (χ1v) is 4.82. The number of hydrogen-bond acceptors (Lipinski definition) is 4. The molecule has 0 atom stereocenters. The van der Waals surface area contributed by atoms with Crippen molar-refractivity contribution in [1.29, 1.82) is 0 Å². The van der Waals surface area contributed by atoms with Crippen LogP contribution in [0.2, 0.25) is 0 Å². The molecule has 1 aromatic carbocycles. The molecule has 0 fully saturated rings. The van der Waals surface area contributed by atoms with Crippen LogP contribution in [0.3, 0.4) is 0 Å².